The molecule has 0 spiro atoms. The Morgan fingerprint density at radius 3 is 2.63 bits per heavy atom. The predicted molar refractivity (Wildman–Crippen MR) is 110 cm³/mol. The molecule has 9 heteroatoms. The van der Waals surface area contributed by atoms with Crippen molar-refractivity contribution >= 4 is 17.6 Å². The Balaban J connectivity index is 1.42. The number of benzene rings is 1. The third-order valence-electron chi connectivity index (χ3n) is 5.17. The van der Waals surface area contributed by atoms with Gasteiger partial charge in [-0.15, -0.1) is 0 Å². The number of nitrogens with zero attached hydrogens (tertiary/aromatic N) is 1. The van der Waals surface area contributed by atoms with Crippen molar-refractivity contribution in [2.75, 3.05) is 18.5 Å². The van der Waals surface area contributed by atoms with Crippen LogP contribution in [0.1, 0.15) is 41.1 Å². The van der Waals surface area contributed by atoms with Crippen molar-refractivity contribution in [3.05, 3.63) is 47.3 Å². The maximum atomic E-state index is 12.4. The Labute approximate surface area is 175 Å². The molecule has 3 amide bonds. The molecule has 0 radical (unpaired) electrons. The highest BCUT2D eigenvalue weighted by molar-refractivity contribution is 5.94. The second-order valence-electron chi connectivity index (χ2n) is 7.37. The lowest BCUT2D eigenvalue weighted by molar-refractivity contribution is -0.0892. The molecule has 1 aromatic carbocycles. The summed E-state index contributed by atoms with van der Waals surface area (Å²) >= 11 is 0. The summed E-state index contributed by atoms with van der Waals surface area (Å²) in [5.74, 6) is 0.367. The van der Waals surface area contributed by atoms with Gasteiger partial charge in [0.15, 0.2) is 5.76 Å². The van der Waals surface area contributed by atoms with Gasteiger partial charge >= 0.3 is 6.03 Å². The fourth-order valence-electron chi connectivity index (χ4n) is 3.52. The molecule has 2 aromatic rings. The van der Waals surface area contributed by atoms with Gasteiger partial charge in [0, 0.05) is 12.1 Å². The number of aromatic nitrogens is 1. The number of aliphatic hydroxyl groups is 1. The van der Waals surface area contributed by atoms with E-state index in [1.54, 1.807) is 38.1 Å². The van der Waals surface area contributed by atoms with E-state index in [4.69, 9.17) is 9.26 Å². The van der Waals surface area contributed by atoms with Crippen molar-refractivity contribution in [3.8, 4) is 0 Å². The van der Waals surface area contributed by atoms with Gasteiger partial charge < -0.3 is 30.3 Å². The quantitative estimate of drug-likeness (QED) is 0.548. The van der Waals surface area contributed by atoms with Crippen LogP contribution in [0.4, 0.5) is 10.5 Å². The summed E-state index contributed by atoms with van der Waals surface area (Å²) in [7, 11) is 0. The number of amides is 3. The SMILES string of the molecule is Cc1noc(C)c1NC(=O)NCC[C@H]1CC[C@H](NC(=O)c2ccccc2)[C@H](CO)O1. The van der Waals surface area contributed by atoms with Crippen molar-refractivity contribution in [3.63, 3.8) is 0 Å². The third-order valence-corrected chi connectivity index (χ3v) is 5.17. The number of aryl methyl sites for hydroxylation is 2. The predicted octanol–water partition coefficient (Wildman–Crippen LogP) is 2.14. The van der Waals surface area contributed by atoms with Gasteiger partial charge in [-0.2, -0.15) is 0 Å². The van der Waals surface area contributed by atoms with Gasteiger partial charge in [-0.25, -0.2) is 4.79 Å². The van der Waals surface area contributed by atoms with Crippen LogP contribution < -0.4 is 16.0 Å². The fourth-order valence-corrected chi connectivity index (χ4v) is 3.52. The molecule has 0 bridgehead atoms. The molecule has 1 aromatic heterocycles. The number of aliphatic hydroxyl groups excluding tert-OH is 1. The second kappa shape index (κ2) is 10.2. The molecule has 3 atom stereocenters. The average molecular weight is 416 g/mol. The minimum atomic E-state index is -0.479. The van der Waals surface area contributed by atoms with Gasteiger partial charge in [0.2, 0.25) is 0 Å². The second-order valence-corrected chi connectivity index (χ2v) is 7.37. The molecule has 9 nitrogen and oxygen atoms in total. The molecule has 0 aliphatic carbocycles. The van der Waals surface area contributed by atoms with Crippen LogP contribution in [0.5, 0.6) is 0 Å². The number of nitrogens with one attached hydrogen (secondary N) is 3. The van der Waals surface area contributed by atoms with Gasteiger partial charge in [0.1, 0.15) is 17.5 Å². The normalized spacial score (nSPS) is 21.1. The molecule has 1 aliphatic heterocycles. The summed E-state index contributed by atoms with van der Waals surface area (Å²) in [6, 6.07) is 8.36. The topological polar surface area (TPSA) is 126 Å². The third kappa shape index (κ3) is 5.58. The van der Waals surface area contributed by atoms with E-state index in [0.29, 0.717) is 42.1 Å². The lowest BCUT2D eigenvalue weighted by atomic mass is 9.96. The smallest absolute Gasteiger partial charge is 0.319 e. The van der Waals surface area contributed by atoms with Gasteiger partial charge in [-0.1, -0.05) is 23.4 Å². The Bertz CT molecular complexity index is 835. The van der Waals surface area contributed by atoms with Crippen LogP contribution in [-0.2, 0) is 4.74 Å². The number of hydrogen-bond acceptors (Lipinski definition) is 6. The minimum Gasteiger partial charge on any atom is -0.394 e. The minimum absolute atomic E-state index is 0.105. The van der Waals surface area contributed by atoms with Crippen LogP contribution in [0, 0.1) is 13.8 Å². The van der Waals surface area contributed by atoms with Crippen molar-refractivity contribution < 1.29 is 24.0 Å². The number of hydrogen-bond donors (Lipinski definition) is 4. The van der Waals surface area contributed by atoms with Crippen LogP contribution in [0.15, 0.2) is 34.9 Å². The summed E-state index contributed by atoms with van der Waals surface area (Å²) in [5.41, 5.74) is 1.76. The number of anilines is 1. The van der Waals surface area contributed by atoms with Gasteiger partial charge in [0.05, 0.1) is 18.8 Å². The first-order valence-electron chi connectivity index (χ1n) is 10.1. The Morgan fingerprint density at radius 1 is 1.20 bits per heavy atom. The van der Waals surface area contributed by atoms with Crippen LogP contribution in [-0.4, -0.2) is 53.6 Å². The molecule has 2 heterocycles. The molecular formula is C21H28N4O5. The van der Waals surface area contributed by atoms with Gasteiger partial charge in [-0.05, 0) is 45.2 Å². The molecule has 0 saturated carbocycles. The van der Waals surface area contributed by atoms with E-state index in [-0.39, 0.29) is 30.7 Å². The van der Waals surface area contributed by atoms with E-state index in [1.807, 2.05) is 6.07 Å². The Hall–Kier alpha value is -2.91. The van der Waals surface area contributed by atoms with E-state index in [1.165, 1.54) is 0 Å². The van der Waals surface area contributed by atoms with E-state index in [9.17, 15) is 14.7 Å². The van der Waals surface area contributed by atoms with Crippen molar-refractivity contribution in [2.45, 2.75) is 51.4 Å². The average Bonchev–Trinajstić information content (AvgIpc) is 3.07. The first kappa shape index (κ1) is 21.8. The van der Waals surface area contributed by atoms with E-state index >= 15 is 0 Å². The van der Waals surface area contributed by atoms with Gasteiger partial charge in [-0.3, -0.25) is 4.79 Å². The highest BCUT2D eigenvalue weighted by Gasteiger charge is 2.32. The summed E-state index contributed by atoms with van der Waals surface area (Å²) in [6.07, 6.45) is 1.44. The fraction of sp³-hybridized carbons (Fsp3) is 0.476. The van der Waals surface area contributed by atoms with Gasteiger partial charge in [0.25, 0.3) is 5.91 Å². The van der Waals surface area contributed by atoms with Crippen LogP contribution in [0.2, 0.25) is 0 Å². The van der Waals surface area contributed by atoms with Crippen molar-refractivity contribution in [1.29, 1.82) is 0 Å². The molecule has 3 rings (SSSR count). The van der Waals surface area contributed by atoms with E-state index < -0.39 is 6.10 Å². The van der Waals surface area contributed by atoms with Crippen molar-refractivity contribution in [1.82, 2.24) is 15.8 Å². The monoisotopic (exact) mass is 416 g/mol. The van der Waals surface area contributed by atoms with Crippen molar-refractivity contribution in [2.24, 2.45) is 0 Å². The molecule has 4 N–H and O–H groups in total. The largest absolute Gasteiger partial charge is 0.394 e. The number of rotatable bonds is 7. The highest BCUT2D eigenvalue weighted by atomic mass is 16.5. The zero-order chi connectivity index (χ0) is 21.5. The molecule has 30 heavy (non-hydrogen) atoms. The summed E-state index contributed by atoms with van der Waals surface area (Å²) in [4.78, 5) is 24.4. The number of carbonyl (C=O) groups is 2. The van der Waals surface area contributed by atoms with Crippen LogP contribution in [0.3, 0.4) is 0 Å². The summed E-state index contributed by atoms with van der Waals surface area (Å²) < 4.78 is 11.0. The summed E-state index contributed by atoms with van der Waals surface area (Å²) in [5, 5.41) is 22.0. The standard InChI is InChI=1S/C21H28N4O5/c1-13-19(14(2)30-25-13)24-21(28)22-11-10-16-8-9-17(18(12-26)29-16)23-20(27)15-6-4-3-5-7-15/h3-7,16-18,26H,8-12H2,1-2H3,(H,23,27)(H2,22,24,28)/t16-,17+,18+/m1/s1. The molecule has 1 aliphatic rings. The van der Waals surface area contributed by atoms with Crippen LogP contribution in [0.25, 0.3) is 0 Å². The lowest BCUT2D eigenvalue weighted by Crippen LogP contribution is -2.51. The Kier molecular flexibility index (Phi) is 7.42. The summed E-state index contributed by atoms with van der Waals surface area (Å²) in [6.45, 7) is 3.72. The number of ether oxygens (including phenoxy) is 1. The highest BCUT2D eigenvalue weighted by Crippen LogP contribution is 2.22. The maximum absolute atomic E-state index is 12.4. The zero-order valence-electron chi connectivity index (χ0n) is 17.2. The molecule has 1 saturated heterocycles. The molecule has 1 fully saturated rings. The first-order valence-corrected chi connectivity index (χ1v) is 10.1. The zero-order valence-corrected chi connectivity index (χ0v) is 17.2. The first-order chi connectivity index (χ1) is 14.5. The van der Waals surface area contributed by atoms with Crippen LogP contribution >= 0.6 is 0 Å². The maximum Gasteiger partial charge on any atom is 0.319 e. The van der Waals surface area contributed by atoms with E-state index in [2.05, 4.69) is 21.1 Å². The molecule has 0 unspecified atom stereocenters. The Morgan fingerprint density at radius 2 is 1.97 bits per heavy atom. The van der Waals surface area contributed by atoms with E-state index in [0.717, 1.165) is 6.42 Å². The lowest BCUT2D eigenvalue weighted by Gasteiger charge is -2.36. The number of carbonyl (C=O) groups excluding carboxylic acids is 2. The number of urea groups is 1. The molecular weight excluding hydrogens is 388 g/mol. The molecule has 162 valence electrons.